The fourth-order valence-electron chi connectivity index (χ4n) is 1.58. The van der Waals surface area contributed by atoms with Gasteiger partial charge >= 0.3 is 0 Å². The highest BCUT2D eigenvalue weighted by atomic mass is 16.3. The van der Waals surface area contributed by atoms with Gasteiger partial charge in [-0.2, -0.15) is 5.26 Å². The first-order valence-electron chi connectivity index (χ1n) is 3.88. The monoisotopic (exact) mass is 139 g/mol. The van der Waals surface area contributed by atoms with Gasteiger partial charge in [-0.15, -0.1) is 0 Å². The normalized spacial score (nSPS) is 33.2. The van der Waals surface area contributed by atoms with Crippen LogP contribution in [0.4, 0.5) is 0 Å². The zero-order valence-electron chi connectivity index (χ0n) is 6.08. The molecule has 0 aromatic rings. The Morgan fingerprint density at radius 3 is 2.90 bits per heavy atom. The highest BCUT2D eigenvalue weighted by Gasteiger charge is 2.19. The Labute approximate surface area is 61.5 Å². The van der Waals surface area contributed by atoms with Gasteiger partial charge in [0.2, 0.25) is 0 Å². The molecule has 1 fully saturated rings. The van der Waals surface area contributed by atoms with Crippen LogP contribution in [-0.4, -0.2) is 11.2 Å². The highest BCUT2D eigenvalue weighted by Crippen LogP contribution is 2.25. The lowest BCUT2D eigenvalue weighted by atomic mass is 9.86. The maximum atomic E-state index is 9.20. The Hall–Kier alpha value is -0.550. The Balaban J connectivity index is 2.27. The van der Waals surface area contributed by atoms with Gasteiger partial charge in [-0.25, -0.2) is 0 Å². The predicted octanol–water partition coefficient (Wildman–Crippen LogP) is 1.45. The van der Waals surface area contributed by atoms with Gasteiger partial charge in [0.05, 0.1) is 12.2 Å². The van der Waals surface area contributed by atoms with Gasteiger partial charge in [-0.3, -0.25) is 0 Å². The lowest BCUT2D eigenvalue weighted by Gasteiger charge is -2.23. The minimum absolute atomic E-state index is 0.132. The van der Waals surface area contributed by atoms with Crippen molar-refractivity contribution in [3.63, 3.8) is 0 Å². The molecule has 0 spiro atoms. The third-order valence-corrected chi connectivity index (χ3v) is 2.14. The third kappa shape index (κ3) is 2.00. The summed E-state index contributed by atoms with van der Waals surface area (Å²) in [5.74, 6) is 0.466. The van der Waals surface area contributed by atoms with Crippen molar-refractivity contribution >= 4 is 0 Å². The second-order valence-corrected chi connectivity index (χ2v) is 3.05. The SMILES string of the molecule is N#CCC1CCCC(O)C1. The molecule has 0 amide bonds. The Kier molecular flexibility index (Phi) is 2.70. The first kappa shape index (κ1) is 7.56. The quantitative estimate of drug-likeness (QED) is 0.597. The zero-order chi connectivity index (χ0) is 7.40. The van der Waals surface area contributed by atoms with E-state index in [4.69, 9.17) is 5.26 Å². The van der Waals surface area contributed by atoms with Gasteiger partial charge in [0.1, 0.15) is 0 Å². The molecule has 2 atom stereocenters. The molecule has 0 saturated heterocycles. The minimum Gasteiger partial charge on any atom is -0.393 e. The standard InChI is InChI=1S/C8H13NO/c9-5-4-7-2-1-3-8(10)6-7/h7-8,10H,1-4,6H2. The van der Waals surface area contributed by atoms with Gasteiger partial charge in [-0.1, -0.05) is 6.42 Å². The van der Waals surface area contributed by atoms with E-state index in [1.54, 1.807) is 0 Å². The number of nitrogens with zero attached hydrogens (tertiary/aromatic N) is 1. The second kappa shape index (κ2) is 3.58. The number of nitriles is 1. The third-order valence-electron chi connectivity index (χ3n) is 2.14. The summed E-state index contributed by atoms with van der Waals surface area (Å²) in [4.78, 5) is 0. The summed E-state index contributed by atoms with van der Waals surface area (Å²) in [5.41, 5.74) is 0. The molecule has 2 nitrogen and oxygen atoms in total. The van der Waals surface area contributed by atoms with E-state index in [0.717, 1.165) is 25.7 Å². The Bertz CT molecular complexity index is 139. The van der Waals surface area contributed by atoms with Crippen molar-refractivity contribution in [2.45, 2.75) is 38.2 Å². The van der Waals surface area contributed by atoms with Crippen LogP contribution in [0.15, 0.2) is 0 Å². The first-order valence-corrected chi connectivity index (χ1v) is 3.88. The van der Waals surface area contributed by atoms with Gasteiger partial charge in [-0.05, 0) is 25.2 Å². The van der Waals surface area contributed by atoms with E-state index >= 15 is 0 Å². The van der Waals surface area contributed by atoms with Crippen LogP contribution in [0.5, 0.6) is 0 Å². The molecule has 2 unspecified atom stereocenters. The van der Waals surface area contributed by atoms with Gasteiger partial charge in [0, 0.05) is 6.42 Å². The van der Waals surface area contributed by atoms with Crippen LogP contribution in [0.1, 0.15) is 32.1 Å². The van der Waals surface area contributed by atoms with Crippen LogP contribution in [0.2, 0.25) is 0 Å². The van der Waals surface area contributed by atoms with Gasteiger partial charge < -0.3 is 5.11 Å². The summed E-state index contributed by atoms with van der Waals surface area (Å²) < 4.78 is 0. The molecule has 0 aromatic heterocycles. The fraction of sp³-hybridized carbons (Fsp3) is 0.875. The number of aliphatic hydroxyl groups excluding tert-OH is 1. The van der Waals surface area contributed by atoms with Crippen molar-refractivity contribution in [2.75, 3.05) is 0 Å². The molecule has 1 rings (SSSR count). The minimum atomic E-state index is -0.132. The van der Waals surface area contributed by atoms with Crippen LogP contribution in [0.3, 0.4) is 0 Å². The van der Waals surface area contributed by atoms with Crippen LogP contribution in [-0.2, 0) is 0 Å². The first-order chi connectivity index (χ1) is 4.83. The van der Waals surface area contributed by atoms with Crippen LogP contribution >= 0.6 is 0 Å². The average Bonchev–Trinajstić information content (AvgIpc) is 1.88. The molecular formula is C8H13NO. The number of rotatable bonds is 1. The molecule has 1 N–H and O–H groups in total. The molecule has 1 saturated carbocycles. The number of hydrogen-bond acceptors (Lipinski definition) is 2. The maximum Gasteiger partial charge on any atom is 0.0624 e. The predicted molar refractivity (Wildman–Crippen MR) is 38.2 cm³/mol. The molecule has 0 radical (unpaired) electrons. The van der Waals surface area contributed by atoms with Crippen LogP contribution < -0.4 is 0 Å². The number of hydrogen-bond donors (Lipinski definition) is 1. The van der Waals surface area contributed by atoms with E-state index in [2.05, 4.69) is 6.07 Å². The van der Waals surface area contributed by atoms with Crippen molar-refractivity contribution in [3.05, 3.63) is 0 Å². The van der Waals surface area contributed by atoms with E-state index < -0.39 is 0 Å². The molecule has 10 heavy (non-hydrogen) atoms. The smallest absolute Gasteiger partial charge is 0.0624 e. The molecule has 1 aliphatic carbocycles. The molecule has 0 aliphatic heterocycles. The molecule has 0 bridgehead atoms. The molecule has 2 heteroatoms. The number of aliphatic hydroxyl groups is 1. The van der Waals surface area contributed by atoms with E-state index in [9.17, 15) is 5.11 Å². The zero-order valence-corrected chi connectivity index (χ0v) is 6.08. The maximum absolute atomic E-state index is 9.20. The van der Waals surface area contributed by atoms with E-state index in [-0.39, 0.29) is 6.10 Å². The van der Waals surface area contributed by atoms with Gasteiger partial charge in [0.15, 0.2) is 0 Å². The molecule has 0 aromatic carbocycles. The lowest BCUT2D eigenvalue weighted by molar-refractivity contribution is 0.102. The van der Waals surface area contributed by atoms with E-state index in [1.165, 1.54) is 0 Å². The molecule has 56 valence electrons. The van der Waals surface area contributed by atoms with Crippen molar-refractivity contribution in [1.29, 1.82) is 5.26 Å². The van der Waals surface area contributed by atoms with Gasteiger partial charge in [0.25, 0.3) is 0 Å². The summed E-state index contributed by atoms with van der Waals surface area (Å²) in [7, 11) is 0. The van der Waals surface area contributed by atoms with Crippen molar-refractivity contribution in [3.8, 4) is 6.07 Å². The largest absolute Gasteiger partial charge is 0.393 e. The Morgan fingerprint density at radius 2 is 2.30 bits per heavy atom. The summed E-state index contributed by atoms with van der Waals surface area (Å²) in [6.07, 6.45) is 4.48. The summed E-state index contributed by atoms with van der Waals surface area (Å²) in [6, 6.07) is 2.15. The van der Waals surface area contributed by atoms with Crippen molar-refractivity contribution in [2.24, 2.45) is 5.92 Å². The van der Waals surface area contributed by atoms with E-state index in [1.807, 2.05) is 0 Å². The average molecular weight is 139 g/mol. The van der Waals surface area contributed by atoms with Crippen LogP contribution in [0.25, 0.3) is 0 Å². The van der Waals surface area contributed by atoms with Crippen molar-refractivity contribution in [1.82, 2.24) is 0 Å². The topological polar surface area (TPSA) is 44.0 Å². The molecule has 1 aliphatic rings. The Morgan fingerprint density at radius 1 is 1.50 bits per heavy atom. The second-order valence-electron chi connectivity index (χ2n) is 3.05. The van der Waals surface area contributed by atoms with Crippen LogP contribution in [0, 0.1) is 17.2 Å². The van der Waals surface area contributed by atoms with E-state index in [0.29, 0.717) is 12.3 Å². The lowest BCUT2D eigenvalue weighted by Crippen LogP contribution is -2.18. The summed E-state index contributed by atoms with van der Waals surface area (Å²) >= 11 is 0. The summed E-state index contributed by atoms with van der Waals surface area (Å²) in [5, 5.41) is 17.6. The molecule has 0 heterocycles. The molecular weight excluding hydrogens is 126 g/mol. The summed E-state index contributed by atoms with van der Waals surface area (Å²) in [6.45, 7) is 0. The fourth-order valence-corrected chi connectivity index (χ4v) is 1.58. The highest BCUT2D eigenvalue weighted by molar-refractivity contribution is 4.80. The van der Waals surface area contributed by atoms with Crippen molar-refractivity contribution < 1.29 is 5.11 Å².